The van der Waals surface area contributed by atoms with Crippen molar-refractivity contribution in [3.63, 3.8) is 0 Å². The van der Waals surface area contributed by atoms with E-state index in [1.54, 1.807) is 4.90 Å². The van der Waals surface area contributed by atoms with Gasteiger partial charge in [0.15, 0.2) is 0 Å². The summed E-state index contributed by atoms with van der Waals surface area (Å²) in [5.41, 5.74) is 2.85. The third kappa shape index (κ3) is 2.71. The Labute approximate surface area is 112 Å². The number of hydrogen-bond acceptors (Lipinski definition) is 1. The summed E-state index contributed by atoms with van der Waals surface area (Å²) in [5, 5.41) is 0.674. The average Bonchev–Trinajstić information content (AvgIpc) is 2.41. The number of rotatable bonds is 4. The zero-order valence-electron chi connectivity index (χ0n) is 10.1. The monoisotopic (exact) mass is 259 g/mol. The van der Waals surface area contributed by atoms with Gasteiger partial charge in [-0.25, -0.2) is 0 Å². The van der Waals surface area contributed by atoms with E-state index in [0.29, 0.717) is 11.6 Å². The van der Waals surface area contributed by atoms with Crippen LogP contribution in [-0.4, -0.2) is 6.41 Å². The Morgan fingerprint density at radius 3 is 2.50 bits per heavy atom. The van der Waals surface area contributed by atoms with Crippen molar-refractivity contribution in [2.75, 3.05) is 4.90 Å². The van der Waals surface area contributed by atoms with Crippen LogP contribution in [0.3, 0.4) is 0 Å². The molecule has 0 heterocycles. The molecule has 0 bridgehead atoms. The molecule has 0 N–H and O–H groups in total. The van der Waals surface area contributed by atoms with Crippen LogP contribution in [0, 0.1) is 6.92 Å². The molecule has 0 spiro atoms. The Kier molecular flexibility index (Phi) is 4.00. The minimum atomic E-state index is 0.547. The van der Waals surface area contributed by atoms with Crippen molar-refractivity contribution in [1.29, 1.82) is 0 Å². The van der Waals surface area contributed by atoms with Crippen LogP contribution in [-0.2, 0) is 11.3 Å². The van der Waals surface area contributed by atoms with Crippen molar-refractivity contribution in [1.82, 2.24) is 0 Å². The van der Waals surface area contributed by atoms with Gasteiger partial charge in [0.25, 0.3) is 0 Å². The Hall–Kier alpha value is -1.80. The molecule has 0 aromatic heterocycles. The van der Waals surface area contributed by atoms with Gasteiger partial charge >= 0.3 is 0 Å². The van der Waals surface area contributed by atoms with Crippen molar-refractivity contribution >= 4 is 23.7 Å². The number of amides is 1. The van der Waals surface area contributed by atoms with Crippen LogP contribution in [0.1, 0.15) is 11.1 Å². The van der Waals surface area contributed by atoms with Crippen molar-refractivity contribution in [3.05, 3.63) is 64.7 Å². The second-order valence-electron chi connectivity index (χ2n) is 4.10. The molecule has 0 atom stereocenters. The summed E-state index contributed by atoms with van der Waals surface area (Å²) >= 11 is 6.08. The van der Waals surface area contributed by atoms with Crippen molar-refractivity contribution in [3.8, 4) is 0 Å². The molecule has 18 heavy (non-hydrogen) atoms. The highest BCUT2D eigenvalue weighted by atomic mass is 35.5. The lowest BCUT2D eigenvalue weighted by Crippen LogP contribution is -2.21. The first-order valence-corrected chi connectivity index (χ1v) is 6.11. The lowest BCUT2D eigenvalue weighted by atomic mass is 10.1. The highest BCUT2D eigenvalue weighted by Crippen LogP contribution is 2.26. The molecule has 0 unspecified atom stereocenters. The maximum Gasteiger partial charge on any atom is 0.214 e. The Balaban J connectivity index is 2.29. The molecule has 0 aliphatic rings. The third-order valence-electron chi connectivity index (χ3n) is 2.87. The van der Waals surface area contributed by atoms with E-state index >= 15 is 0 Å². The molecule has 0 aliphatic heterocycles. The fraction of sp³-hybridized carbons (Fsp3) is 0.133. The van der Waals surface area contributed by atoms with E-state index < -0.39 is 0 Å². The molecule has 0 aliphatic carbocycles. The predicted molar refractivity (Wildman–Crippen MR) is 74.9 cm³/mol. The Morgan fingerprint density at radius 1 is 1.11 bits per heavy atom. The molecular formula is C15H14ClNO. The molecule has 2 nitrogen and oxygen atoms in total. The smallest absolute Gasteiger partial charge is 0.214 e. The van der Waals surface area contributed by atoms with E-state index in [9.17, 15) is 4.79 Å². The number of anilines is 1. The van der Waals surface area contributed by atoms with Gasteiger partial charge in [-0.3, -0.25) is 4.79 Å². The Morgan fingerprint density at radius 2 is 1.83 bits per heavy atom. The van der Waals surface area contributed by atoms with Crippen LogP contribution in [0.25, 0.3) is 0 Å². The molecule has 92 valence electrons. The molecule has 1 amide bonds. The van der Waals surface area contributed by atoms with E-state index in [4.69, 9.17) is 11.6 Å². The van der Waals surface area contributed by atoms with E-state index in [1.165, 1.54) is 0 Å². The number of carbonyl (C=O) groups excluding carboxylic acids is 1. The SMILES string of the molecule is Cc1c(Cl)cccc1N(C=O)Cc1ccccc1. The van der Waals surface area contributed by atoms with Crippen molar-refractivity contribution in [2.45, 2.75) is 13.5 Å². The highest BCUT2D eigenvalue weighted by Gasteiger charge is 2.10. The molecule has 0 radical (unpaired) electrons. The van der Waals surface area contributed by atoms with Gasteiger partial charge in [-0.2, -0.15) is 0 Å². The van der Waals surface area contributed by atoms with E-state index in [1.807, 2.05) is 55.5 Å². The standard InChI is InChI=1S/C15H14ClNO/c1-12-14(16)8-5-9-15(12)17(11-18)10-13-6-3-2-4-7-13/h2-9,11H,10H2,1H3. The Bertz CT molecular complexity index is 539. The van der Waals surface area contributed by atoms with Gasteiger partial charge in [-0.1, -0.05) is 48.0 Å². The van der Waals surface area contributed by atoms with Crippen LogP contribution in [0.15, 0.2) is 48.5 Å². The predicted octanol–water partition coefficient (Wildman–Crippen LogP) is 3.81. The second-order valence-corrected chi connectivity index (χ2v) is 4.51. The summed E-state index contributed by atoms with van der Waals surface area (Å²) in [6.07, 6.45) is 0.839. The molecular weight excluding hydrogens is 246 g/mol. The number of carbonyl (C=O) groups is 1. The molecule has 0 saturated heterocycles. The van der Waals surface area contributed by atoms with Gasteiger partial charge in [-0.15, -0.1) is 0 Å². The number of hydrogen-bond donors (Lipinski definition) is 0. The minimum Gasteiger partial charge on any atom is -0.310 e. The van der Waals surface area contributed by atoms with Crippen molar-refractivity contribution < 1.29 is 4.79 Å². The van der Waals surface area contributed by atoms with Crippen LogP contribution < -0.4 is 4.90 Å². The zero-order valence-corrected chi connectivity index (χ0v) is 10.9. The second kappa shape index (κ2) is 5.69. The van der Waals surface area contributed by atoms with Gasteiger partial charge in [0.05, 0.1) is 6.54 Å². The van der Waals surface area contributed by atoms with Crippen LogP contribution in [0.4, 0.5) is 5.69 Å². The van der Waals surface area contributed by atoms with E-state index in [-0.39, 0.29) is 0 Å². The fourth-order valence-electron chi connectivity index (χ4n) is 1.87. The van der Waals surface area contributed by atoms with Gasteiger partial charge in [0.1, 0.15) is 0 Å². The van der Waals surface area contributed by atoms with Crippen LogP contribution in [0.5, 0.6) is 0 Å². The molecule has 2 aromatic carbocycles. The van der Waals surface area contributed by atoms with E-state index in [2.05, 4.69) is 0 Å². The molecule has 0 fully saturated rings. The zero-order chi connectivity index (χ0) is 13.0. The summed E-state index contributed by atoms with van der Waals surface area (Å²) in [6.45, 7) is 2.46. The summed E-state index contributed by atoms with van der Waals surface area (Å²) < 4.78 is 0. The fourth-order valence-corrected chi connectivity index (χ4v) is 2.04. The highest BCUT2D eigenvalue weighted by molar-refractivity contribution is 6.31. The molecule has 0 saturated carbocycles. The summed E-state index contributed by atoms with van der Waals surface area (Å²) in [7, 11) is 0. The lowest BCUT2D eigenvalue weighted by Gasteiger charge is -2.20. The number of benzene rings is 2. The maximum atomic E-state index is 11.3. The molecule has 2 rings (SSSR count). The average molecular weight is 260 g/mol. The summed E-state index contributed by atoms with van der Waals surface area (Å²) in [6, 6.07) is 15.5. The van der Waals surface area contributed by atoms with Gasteiger partial charge in [0.2, 0.25) is 6.41 Å². The lowest BCUT2D eigenvalue weighted by molar-refractivity contribution is -0.107. The van der Waals surface area contributed by atoms with Gasteiger partial charge < -0.3 is 4.90 Å². The normalized spacial score (nSPS) is 10.1. The topological polar surface area (TPSA) is 20.3 Å². The third-order valence-corrected chi connectivity index (χ3v) is 3.28. The maximum absolute atomic E-state index is 11.3. The number of halogens is 1. The van der Waals surface area contributed by atoms with E-state index in [0.717, 1.165) is 23.2 Å². The first kappa shape index (κ1) is 12.7. The quantitative estimate of drug-likeness (QED) is 0.765. The minimum absolute atomic E-state index is 0.547. The van der Waals surface area contributed by atoms with Crippen LogP contribution >= 0.6 is 11.6 Å². The van der Waals surface area contributed by atoms with Crippen LogP contribution in [0.2, 0.25) is 5.02 Å². The van der Waals surface area contributed by atoms with Gasteiger partial charge in [0, 0.05) is 10.7 Å². The largest absolute Gasteiger partial charge is 0.310 e. The van der Waals surface area contributed by atoms with Crippen molar-refractivity contribution in [2.24, 2.45) is 0 Å². The first-order valence-electron chi connectivity index (χ1n) is 5.73. The molecule has 3 heteroatoms. The molecule has 2 aromatic rings. The summed E-state index contributed by atoms with van der Waals surface area (Å²) in [5.74, 6) is 0. The first-order chi connectivity index (χ1) is 8.72. The summed E-state index contributed by atoms with van der Waals surface area (Å²) in [4.78, 5) is 12.9. The van der Waals surface area contributed by atoms with Gasteiger partial charge in [-0.05, 0) is 30.2 Å². The number of nitrogens with zero attached hydrogens (tertiary/aromatic N) is 1.